The van der Waals surface area contributed by atoms with Crippen molar-refractivity contribution < 1.29 is 33.8 Å². The first kappa shape index (κ1) is 27.0. The minimum atomic E-state index is -1.10. The Morgan fingerprint density at radius 2 is 1.69 bits per heavy atom. The normalized spacial score (nSPS) is 17.1. The fraction of sp³-hybridized carbons (Fsp3) is 0.538. The Morgan fingerprint density at radius 1 is 1.06 bits per heavy atom. The Kier molecular flexibility index (Phi) is 7.66. The molecule has 1 aromatic heterocycles. The highest BCUT2D eigenvalue weighted by molar-refractivity contribution is 5.94. The fourth-order valence-electron chi connectivity index (χ4n) is 4.23. The van der Waals surface area contributed by atoms with Crippen LogP contribution in [0.15, 0.2) is 30.5 Å². The lowest BCUT2D eigenvalue weighted by atomic mass is 10.0. The number of amides is 2. The summed E-state index contributed by atoms with van der Waals surface area (Å²) < 4.78 is 12.3. The monoisotopic (exact) mass is 501 g/mol. The quantitative estimate of drug-likeness (QED) is 0.635. The van der Waals surface area contributed by atoms with Gasteiger partial charge in [-0.2, -0.15) is 0 Å². The minimum Gasteiger partial charge on any atom is -0.480 e. The van der Waals surface area contributed by atoms with Crippen LogP contribution in [-0.4, -0.2) is 68.5 Å². The number of carboxylic acid groups (broad SMARTS) is 1. The van der Waals surface area contributed by atoms with E-state index in [2.05, 4.69) is 5.32 Å². The van der Waals surface area contributed by atoms with Crippen molar-refractivity contribution in [1.82, 2.24) is 14.8 Å². The summed E-state index contributed by atoms with van der Waals surface area (Å²) in [6.07, 6.45) is 1.16. The zero-order valence-electron chi connectivity index (χ0n) is 21.7. The number of hydrogen-bond acceptors (Lipinski definition) is 6. The largest absolute Gasteiger partial charge is 0.480 e. The number of benzene rings is 1. The molecule has 3 rings (SSSR count). The molecule has 0 spiro atoms. The van der Waals surface area contributed by atoms with Gasteiger partial charge >= 0.3 is 18.2 Å². The van der Waals surface area contributed by atoms with E-state index in [-0.39, 0.29) is 13.0 Å². The van der Waals surface area contributed by atoms with E-state index in [0.717, 1.165) is 0 Å². The molecule has 0 unspecified atom stereocenters. The number of nitrogens with zero attached hydrogens (tertiary/aromatic N) is 2. The lowest BCUT2D eigenvalue weighted by molar-refractivity contribution is -0.149. The van der Waals surface area contributed by atoms with Gasteiger partial charge in [0.15, 0.2) is 0 Å². The second-order valence-corrected chi connectivity index (χ2v) is 11.0. The van der Waals surface area contributed by atoms with Crippen molar-refractivity contribution in [3.63, 3.8) is 0 Å². The molecule has 2 heterocycles. The molecular weight excluding hydrogens is 466 g/mol. The van der Waals surface area contributed by atoms with Gasteiger partial charge in [0.25, 0.3) is 0 Å². The Hall–Kier alpha value is -3.56. The zero-order chi connectivity index (χ0) is 26.8. The summed E-state index contributed by atoms with van der Waals surface area (Å²) >= 11 is 0. The Balaban J connectivity index is 1.97. The van der Waals surface area contributed by atoms with Crippen LogP contribution in [0.1, 0.15) is 59.9 Å². The van der Waals surface area contributed by atoms with E-state index >= 15 is 0 Å². The first-order valence-corrected chi connectivity index (χ1v) is 12.0. The number of carbonyl (C=O) groups is 4. The molecule has 2 atom stereocenters. The summed E-state index contributed by atoms with van der Waals surface area (Å²) in [5.41, 5.74) is -0.283. The maximum absolute atomic E-state index is 13.5. The van der Waals surface area contributed by atoms with Crippen molar-refractivity contribution in [3.05, 3.63) is 36.0 Å². The molecule has 1 aliphatic rings. The molecule has 1 aliphatic heterocycles. The molecule has 196 valence electrons. The number of ether oxygens (including phenoxy) is 2. The highest BCUT2D eigenvalue weighted by Gasteiger charge is 2.38. The smallest absolute Gasteiger partial charge is 0.419 e. The first-order valence-electron chi connectivity index (χ1n) is 12.0. The van der Waals surface area contributed by atoms with Gasteiger partial charge in [-0.15, -0.1) is 0 Å². The second kappa shape index (κ2) is 10.2. The number of likely N-dealkylation sites (tertiary alicyclic amines) is 1. The fourth-order valence-corrected chi connectivity index (χ4v) is 4.23. The van der Waals surface area contributed by atoms with Crippen LogP contribution in [0.3, 0.4) is 0 Å². The van der Waals surface area contributed by atoms with E-state index in [9.17, 15) is 24.3 Å². The van der Waals surface area contributed by atoms with E-state index in [4.69, 9.17) is 9.47 Å². The predicted molar refractivity (Wildman–Crippen MR) is 133 cm³/mol. The van der Waals surface area contributed by atoms with E-state index in [1.807, 2.05) is 12.1 Å². The number of para-hydroxylation sites is 1. The summed E-state index contributed by atoms with van der Waals surface area (Å²) in [7, 11) is 0. The number of hydrogen-bond donors (Lipinski definition) is 2. The van der Waals surface area contributed by atoms with Crippen LogP contribution in [0, 0.1) is 0 Å². The number of aromatic nitrogens is 1. The number of carboxylic acids is 1. The van der Waals surface area contributed by atoms with Crippen molar-refractivity contribution in [3.8, 4) is 0 Å². The third kappa shape index (κ3) is 6.56. The summed E-state index contributed by atoms with van der Waals surface area (Å²) in [5.74, 6) is -1.60. The molecule has 0 aliphatic carbocycles. The summed E-state index contributed by atoms with van der Waals surface area (Å²) in [6, 6.07) is 5.12. The van der Waals surface area contributed by atoms with Crippen LogP contribution >= 0.6 is 0 Å². The summed E-state index contributed by atoms with van der Waals surface area (Å²) in [4.78, 5) is 52.0. The van der Waals surface area contributed by atoms with Crippen molar-refractivity contribution >= 4 is 35.0 Å². The molecule has 1 saturated heterocycles. The van der Waals surface area contributed by atoms with Gasteiger partial charge in [0.1, 0.15) is 23.3 Å². The SMILES string of the molecule is CC(C)(C)OC(=O)N[C@H](Cc1cn(C(=O)OC(C)(C)C)c2ccccc12)C(=O)N1CCC[C@H]1C(=O)O. The molecule has 2 aromatic rings. The van der Waals surface area contributed by atoms with Crippen LogP contribution in [0.2, 0.25) is 0 Å². The predicted octanol–water partition coefficient (Wildman–Crippen LogP) is 3.94. The maximum Gasteiger partial charge on any atom is 0.419 e. The molecule has 1 fully saturated rings. The Morgan fingerprint density at radius 3 is 2.31 bits per heavy atom. The van der Waals surface area contributed by atoms with Crippen molar-refractivity contribution in [2.75, 3.05) is 6.54 Å². The number of aliphatic carboxylic acids is 1. The van der Waals surface area contributed by atoms with Crippen LogP contribution in [0.4, 0.5) is 9.59 Å². The van der Waals surface area contributed by atoms with Gasteiger partial charge in [-0.1, -0.05) is 18.2 Å². The third-order valence-corrected chi connectivity index (χ3v) is 5.62. The van der Waals surface area contributed by atoms with Crippen molar-refractivity contribution in [2.24, 2.45) is 0 Å². The lowest BCUT2D eigenvalue weighted by Gasteiger charge is -2.28. The van der Waals surface area contributed by atoms with Gasteiger partial charge in [-0.05, 0) is 66.0 Å². The molecular formula is C26H35N3O7. The summed E-state index contributed by atoms with van der Waals surface area (Å²) in [6.45, 7) is 10.7. The number of alkyl carbamates (subject to hydrolysis) is 1. The number of nitrogens with one attached hydrogen (secondary N) is 1. The van der Waals surface area contributed by atoms with Crippen LogP contribution in [0.25, 0.3) is 10.9 Å². The minimum absolute atomic E-state index is 0.0250. The van der Waals surface area contributed by atoms with Gasteiger partial charge in [0.2, 0.25) is 5.91 Å². The first-order chi connectivity index (χ1) is 16.7. The molecule has 2 amide bonds. The van der Waals surface area contributed by atoms with E-state index < -0.39 is 47.3 Å². The molecule has 0 saturated carbocycles. The molecule has 1 aromatic carbocycles. The van der Waals surface area contributed by atoms with Crippen molar-refractivity contribution in [1.29, 1.82) is 0 Å². The molecule has 10 nitrogen and oxygen atoms in total. The molecule has 2 N–H and O–H groups in total. The molecule has 10 heteroatoms. The van der Waals surface area contributed by atoms with Gasteiger partial charge in [-0.25, -0.2) is 14.4 Å². The van der Waals surface area contributed by atoms with E-state index in [1.165, 1.54) is 9.47 Å². The third-order valence-electron chi connectivity index (χ3n) is 5.62. The lowest BCUT2D eigenvalue weighted by Crippen LogP contribution is -2.53. The topological polar surface area (TPSA) is 127 Å². The second-order valence-electron chi connectivity index (χ2n) is 11.0. The molecule has 0 bridgehead atoms. The van der Waals surface area contributed by atoms with Gasteiger partial charge in [-0.3, -0.25) is 9.36 Å². The van der Waals surface area contributed by atoms with Gasteiger partial charge in [0, 0.05) is 24.5 Å². The number of fused-ring (bicyclic) bond motifs is 1. The Bertz CT molecular complexity index is 1160. The molecule has 36 heavy (non-hydrogen) atoms. The van der Waals surface area contributed by atoms with Crippen LogP contribution < -0.4 is 5.32 Å². The standard InChI is InChI=1S/C26H35N3O7/c1-25(2,3)35-23(33)27-18(21(30)28-13-9-12-20(28)22(31)32)14-16-15-29(24(34)36-26(4,5)6)19-11-8-7-10-17(16)19/h7-8,10-11,15,18,20H,9,12-14H2,1-6H3,(H,27,33)(H,31,32)/t18-,20+/m1/s1. The average molecular weight is 502 g/mol. The van der Waals surface area contributed by atoms with Gasteiger partial charge in [0.05, 0.1) is 5.52 Å². The Labute approximate surface area is 210 Å². The van der Waals surface area contributed by atoms with E-state index in [1.54, 1.807) is 59.9 Å². The van der Waals surface area contributed by atoms with Crippen LogP contribution in [0.5, 0.6) is 0 Å². The molecule has 0 radical (unpaired) electrons. The maximum atomic E-state index is 13.5. The van der Waals surface area contributed by atoms with Gasteiger partial charge < -0.3 is 24.8 Å². The highest BCUT2D eigenvalue weighted by Crippen LogP contribution is 2.26. The highest BCUT2D eigenvalue weighted by atomic mass is 16.6. The number of carbonyl (C=O) groups excluding carboxylic acids is 3. The summed E-state index contributed by atoms with van der Waals surface area (Å²) in [5, 5.41) is 12.9. The van der Waals surface area contributed by atoms with Crippen LogP contribution in [-0.2, 0) is 25.5 Å². The van der Waals surface area contributed by atoms with E-state index in [0.29, 0.717) is 29.3 Å². The number of rotatable bonds is 5. The average Bonchev–Trinajstić information content (AvgIpc) is 3.36. The zero-order valence-corrected chi connectivity index (χ0v) is 21.7. The van der Waals surface area contributed by atoms with Crippen molar-refractivity contribution in [2.45, 2.75) is 84.1 Å².